The van der Waals surface area contributed by atoms with Gasteiger partial charge in [0.25, 0.3) is 0 Å². The maximum Gasteiger partial charge on any atom is 0.212 e. The van der Waals surface area contributed by atoms with E-state index in [0.29, 0.717) is 11.3 Å². The molecule has 16 heavy (non-hydrogen) atoms. The van der Waals surface area contributed by atoms with Crippen molar-refractivity contribution in [3.63, 3.8) is 0 Å². The number of hydrogen-bond donors (Lipinski definition) is 0. The van der Waals surface area contributed by atoms with E-state index < -0.39 is 0 Å². The molecule has 0 aliphatic carbocycles. The Balaban J connectivity index is 2.44. The summed E-state index contributed by atoms with van der Waals surface area (Å²) in [6.07, 6.45) is 0. The van der Waals surface area contributed by atoms with Gasteiger partial charge in [-0.25, -0.2) is 4.98 Å². The molecular weight excluding hydrogens is 313 g/mol. The number of aryl methyl sites for hydroxylation is 1. The highest BCUT2D eigenvalue weighted by molar-refractivity contribution is 14.1. The van der Waals surface area contributed by atoms with Crippen LogP contribution in [-0.4, -0.2) is 10.8 Å². The Morgan fingerprint density at radius 1 is 1.12 bits per heavy atom. The van der Waals surface area contributed by atoms with Crippen LogP contribution >= 0.6 is 22.6 Å². The van der Waals surface area contributed by atoms with Crippen LogP contribution in [0.2, 0.25) is 0 Å². The van der Waals surface area contributed by atoms with Crippen molar-refractivity contribution in [2.24, 2.45) is 0 Å². The Morgan fingerprint density at radius 2 is 1.88 bits per heavy atom. The van der Waals surface area contributed by atoms with Crippen molar-refractivity contribution in [3.8, 4) is 0 Å². The van der Waals surface area contributed by atoms with Gasteiger partial charge in [0.2, 0.25) is 5.78 Å². The zero-order chi connectivity index (χ0) is 11.5. The zero-order valence-electron chi connectivity index (χ0n) is 8.77. The van der Waals surface area contributed by atoms with Crippen LogP contribution in [0.5, 0.6) is 0 Å². The molecule has 0 unspecified atom stereocenters. The molecule has 1 aromatic carbocycles. The van der Waals surface area contributed by atoms with E-state index in [-0.39, 0.29) is 5.78 Å². The van der Waals surface area contributed by atoms with E-state index >= 15 is 0 Å². The SMILES string of the molecule is Cc1cccc(C(=O)c2ccccc2I)n1. The molecule has 0 aliphatic rings. The van der Waals surface area contributed by atoms with Crippen molar-refractivity contribution in [2.75, 3.05) is 0 Å². The van der Waals surface area contributed by atoms with Crippen molar-refractivity contribution >= 4 is 28.4 Å². The van der Waals surface area contributed by atoms with Gasteiger partial charge in [-0.05, 0) is 53.8 Å². The Kier molecular flexibility index (Phi) is 3.33. The first kappa shape index (κ1) is 11.3. The lowest BCUT2D eigenvalue weighted by molar-refractivity contribution is 0.103. The molecule has 1 aromatic heterocycles. The number of pyridine rings is 1. The number of carbonyl (C=O) groups is 1. The fraction of sp³-hybridized carbons (Fsp3) is 0.0769. The Hall–Kier alpha value is -1.23. The fourth-order valence-electron chi connectivity index (χ4n) is 1.45. The Labute approximate surface area is 108 Å². The summed E-state index contributed by atoms with van der Waals surface area (Å²) in [4.78, 5) is 16.4. The average Bonchev–Trinajstić information content (AvgIpc) is 2.29. The van der Waals surface area contributed by atoms with Crippen LogP contribution < -0.4 is 0 Å². The lowest BCUT2D eigenvalue weighted by Gasteiger charge is -2.03. The minimum atomic E-state index is -0.0197. The van der Waals surface area contributed by atoms with Gasteiger partial charge in [-0.1, -0.05) is 18.2 Å². The van der Waals surface area contributed by atoms with Gasteiger partial charge in [0.15, 0.2) is 0 Å². The molecule has 0 fully saturated rings. The number of carbonyl (C=O) groups excluding carboxylic acids is 1. The van der Waals surface area contributed by atoms with Crippen molar-refractivity contribution in [1.29, 1.82) is 0 Å². The van der Waals surface area contributed by atoms with Crippen molar-refractivity contribution in [3.05, 3.63) is 63.0 Å². The van der Waals surface area contributed by atoms with E-state index in [2.05, 4.69) is 27.6 Å². The van der Waals surface area contributed by atoms with Crippen LogP contribution in [0.1, 0.15) is 21.7 Å². The molecule has 2 aromatic rings. The largest absolute Gasteiger partial charge is 0.287 e. The summed E-state index contributed by atoms with van der Waals surface area (Å²) >= 11 is 2.16. The van der Waals surface area contributed by atoms with Crippen molar-refractivity contribution in [1.82, 2.24) is 4.98 Å². The van der Waals surface area contributed by atoms with Crippen LogP contribution in [0.25, 0.3) is 0 Å². The van der Waals surface area contributed by atoms with Crippen molar-refractivity contribution in [2.45, 2.75) is 6.92 Å². The minimum absolute atomic E-state index is 0.0197. The average molecular weight is 323 g/mol. The molecule has 0 amide bonds. The van der Waals surface area contributed by atoms with Gasteiger partial charge in [0, 0.05) is 14.8 Å². The third-order valence-corrected chi connectivity index (χ3v) is 3.18. The van der Waals surface area contributed by atoms with E-state index in [0.717, 1.165) is 9.26 Å². The van der Waals surface area contributed by atoms with Crippen LogP contribution in [0.4, 0.5) is 0 Å². The van der Waals surface area contributed by atoms with Gasteiger partial charge in [0.1, 0.15) is 5.69 Å². The number of rotatable bonds is 2. The second-order valence-electron chi connectivity index (χ2n) is 3.47. The van der Waals surface area contributed by atoms with E-state index in [1.54, 1.807) is 6.07 Å². The van der Waals surface area contributed by atoms with Crippen LogP contribution in [0.15, 0.2) is 42.5 Å². The Morgan fingerprint density at radius 3 is 2.56 bits per heavy atom. The van der Waals surface area contributed by atoms with Gasteiger partial charge in [0.05, 0.1) is 0 Å². The summed E-state index contributed by atoms with van der Waals surface area (Å²) in [7, 11) is 0. The fourth-order valence-corrected chi connectivity index (χ4v) is 2.09. The predicted molar refractivity (Wildman–Crippen MR) is 71.6 cm³/mol. The summed E-state index contributed by atoms with van der Waals surface area (Å²) in [5.41, 5.74) is 2.07. The molecule has 80 valence electrons. The molecule has 0 atom stereocenters. The van der Waals surface area contributed by atoms with Crippen LogP contribution in [0, 0.1) is 10.5 Å². The highest BCUT2D eigenvalue weighted by atomic mass is 127. The third kappa shape index (κ3) is 2.29. The van der Waals surface area contributed by atoms with Gasteiger partial charge in [-0.15, -0.1) is 0 Å². The normalized spacial score (nSPS) is 10.1. The maximum atomic E-state index is 12.2. The lowest BCUT2D eigenvalue weighted by Crippen LogP contribution is -2.06. The summed E-state index contributed by atoms with van der Waals surface area (Å²) in [6.45, 7) is 1.88. The first-order valence-electron chi connectivity index (χ1n) is 4.91. The zero-order valence-corrected chi connectivity index (χ0v) is 10.9. The molecule has 0 bridgehead atoms. The first-order valence-corrected chi connectivity index (χ1v) is 5.99. The molecule has 1 heterocycles. The van der Waals surface area contributed by atoms with Gasteiger partial charge < -0.3 is 0 Å². The Bertz CT molecular complexity index is 537. The highest BCUT2D eigenvalue weighted by Crippen LogP contribution is 2.15. The van der Waals surface area contributed by atoms with Crippen molar-refractivity contribution < 1.29 is 4.79 Å². The van der Waals surface area contributed by atoms with E-state index in [9.17, 15) is 4.79 Å². The molecule has 0 N–H and O–H groups in total. The van der Waals surface area contributed by atoms with E-state index in [1.165, 1.54) is 0 Å². The maximum absolute atomic E-state index is 12.2. The highest BCUT2D eigenvalue weighted by Gasteiger charge is 2.12. The summed E-state index contributed by atoms with van der Waals surface area (Å²) in [5.74, 6) is -0.0197. The summed E-state index contributed by atoms with van der Waals surface area (Å²) in [6, 6.07) is 13.0. The van der Waals surface area contributed by atoms with Gasteiger partial charge in [-0.3, -0.25) is 4.79 Å². The predicted octanol–water partition coefficient (Wildman–Crippen LogP) is 3.23. The molecule has 3 heteroatoms. The molecule has 2 nitrogen and oxygen atoms in total. The monoisotopic (exact) mass is 323 g/mol. The second-order valence-corrected chi connectivity index (χ2v) is 4.64. The molecule has 0 spiro atoms. The van der Waals surface area contributed by atoms with E-state index in [1.807, 2.05) is 43.3 Å². The number of benzene rings is 1. The first-order chi connectivity index (χ1) is 7.68. The number of ketones is 1. The molecule has 0 radical (unpaired) electrons. The summed E-state index contributed by atoms with van der Waals surface area (Å²) in [5, 5.41) is 0. The molecule has 0 saturated carbocycles. The number of aromatic nitrogens is 1. The molecule has 2 rings (SSSR count). The van der Waals surface area contributed by atoms with Gasteiger partial charge in [-0.2, -0.15) is 0 Å². The van der Waals surface area contributed by atoms with E-state index in [4.69, 9.17) is 0 Å². The van der Waals surface area contributed by atoms with Crippen LogP contribution in [-0.2, 0) is 0 Å². The quantitative estimate of drug-likeness (QED) is 0.627. The second kappa shape index (κ2) is 4.74. The number of nitrogens with zero attached hydrogens (tertiary/aromatic N) is 1. The summed E-state index contributed by atoms with van der Waals surface area (Å²) < 4.78 is 0.952. The third-order valence-electron chi connectivity index (χ3n) is 2.24. The lowest BCUT2D eigenvalue weighted by atomic mass is 10.1. The smallest absolute Gasteiger partial charge is 0.212 e. The topological polar surface area (TPSA) is 30.0 Å². The molecule has 0 aliphatic heterocycles. The standard InChI is InChI=1S/C13H10INO/c1-9-5-4-8-12(15-9)13(16)10-6-2-3-7-11(10)14/h2-8H,1H3. The number of halogens is 1. The van der Waals surface area contributed by atoms with Gasteiger partial charge >= 0.3 is 0 Å². The minimum Gasteiger partial charge on any atom is -0.287 e. The molecular formula is C13H10INO. The van der Waals surface area contributed by atoms with Crippen LogP contribution in [0.3, 0.4) is 0 Å². The molecule has 0 saturated heterocycles. The number of hydrogen-bond acceptors (Lipinski definition) is 2.